The van der Waals surface area contributed by atoms with E-state index in [0.29, 0.717) is 0 Å². The van der Waals surface area contributed by atoms with Crippen LogP contribution in [0, 0.1) is 0 Å². The van der Waals surface area contributed by atoms with Crippen LogP contribution in [-0.2, 0) is 10.0 Å². The van der Waals surface area contributed by atoms with Gasteiger partial charge in [0.05, 0.1) is 18.8 Å². The maximum Gasteiger partial charge on any atom is 0.390 e. The molecule has 0 bridgehead atoms. The van der Waals surface area contributed by atoms with Gasteiger partial charge in [0.15, 0.2) is 0 Å². The zero-order chi connectivity index (χ0) is 13.1. The standard InChI is InChI=1S/C7H9F3N4O2S/c8-7(9,10)1-2-14-17(15,16)5-3-12-6(11)13-4-5/h3-4,14H,1-2H2,(H2,11,12,13). The van der Waals surface area contributed by atoms with Crippen molar-refractivity contribution in [1.82, 2.24) is 14.7 Å². The van der Waals surface area contributed by atoms with Gasteiger partial charge in [-0.05, 0) is 0 Å². The average Bonchev–Trinajstić information content (AvgIpc) is 2.15. The Morgan fingerprint density at radius 1 is 1.29 bits per heavy atom. The summed E-state index contributed by atoms with van der Waals surface area (Å²) in [5.41, 5.74) is 5.14. The van der Waals surface area contributed by atoms with E-state index in [9.17, 15) is 21.6 Å². The molecule has 0 atom stereocenters. The minimum atomic E-state index is -4.42. The minimum Gasteiger partial charge on any atom is -0.368 e. The van der Waals surface area contributed by atoms with Crippen LogP contribution >= 0.6 is 0 Å². The predicted octanol–water partition coefficient (Wildman–Crippen LogP) is 0.289. The summed E-state index contributed by atoms with van der Waals surface area (Å²) >= 11 is 0. The number of nitrogens with two attached hydrogens (primary N) is 1. The number of aromatic nitrogens is 2. The molecule has 3 N–H and O–H groups in total. The molecule has 0 saturated heterocycles. The van der Waals surface area contributed by atoms with Crippen molar-refractivity contribution in [3.8, 4) is 0 Å². The molecular formula is C7H9F3N4O2S. The highest BCUT2D eigenvalue weighted by Crippen LogP contribution is 2.18. The molecule has 0 aliphatic heterocycles. The maximum absolute atomic E-state index is 11.8. The number of anilines is 1. The monoisotopic (exact) mass is 270 g/mol. The van der Waals surface area contributed by atoms with Gasteiger partial charge in [0.25, 0.3) is 0 Å². The average molecular weight is 270 g/mol. The third-order valence-corrected chi connectivity index (χ3v) is 3.07. The number of rotatable bonds is 4. The van der Waals surface area contributed by atoms with E-state index in [1.54, 1.807) is 4.72 Å². The van der Waals surface area contributed by atoms with Crippen molar-refractivity contribution in [2.24, 2.45) is 0 Å². The lowest BCUT2D eigenvalue weighted by molar-refractivity contribution is -0.132. The quantitative estimate of drug-likeness (QED) is 0.819. The fourth-order valence-electron chi connectivity index (χ4n) is 0.875. The number of hydrogen-bond donors (Lipinski definition) is 2. The van der Waals surface area contributed by atoms with Crippen molar-refractivity contribution in [2.45, 2.75) is 17.5 Å². The third-order valence-electron chi connectivity index (χ3n) is 1.66. The Morgan fingerprint density at radius 2 is 1.82 bits per heavy atom. The fourth-order valence-corrected chi connectivity index (χ4v) is 1.80. The largest absolute Gasteiger partial charge is 0.390 e. The van der Waals surface area contributed by atoms with E-state index in [1.165, 1.54) is 0 Å². The van der Waals surface area contributed by atoms with E-state index in [4.69, 9.17) is 5.73 Å². The van der Waals surface area contributed by atoms with Crippen molar-refractivity contribution < 1.29 is 21.6 Å². The first kappa shape index (κ1) is 13.6. The Hall–Kier alpha value is -1.42. The van der Waals surface area contributed by atoms with Gasteiger partial charge in [-0.15, -0.1) is 0 Å². The van der Waals surface area contributed by atoms with Crippen LogP contribution in [-0.4, -0.2) is 31.1 Å². The van der Waals surface area contributed by atoms with Gasteiger partial charge in [0, 0.05) is 6.54 Å². The number of hydrogen-bond acceptors (Lipinski definition) is 5. The van der Waals surface area contributed by atoms with E-state index in [2.05, 4.69) is 9.97 Å². The molecule has 17 heavy (non-hydrogen) atoms. The van der Waals surface area contributed by atoms with Gasteiger partial charge in [-0.2, -0.15) is 13.2 Å². The Labute approximate surface area is 95.1 Å². The number of halogens is 3. The van der Waals surface area contributed by atoms with Crippen molar-refractivity contribution >= 4 is 16.0 Å². The van der Waals surface area contributed by atoms with Crippen LogP contribution < -0.4 is 10.5 Å². The van der Waals surface area contributed by atoms with Crippen LogP contribution in [0.15, 0.2) is 17.3 Å². The van der Waals surface area contributed by atoms with Gasteiger partial charge in [-0.1, -0.05) is 0 Å². The molecule has 0 unspecified atom stereocenters. The number of nitrogen functional groups attached to an aromatic ring is 1. The Morgan fingerprint density at radius 3 is 2.29 bits per heavy atom. The van der Waals surface area contributed by atoms with Crippen molar-refractivity contribution in [3.63, 3.8) is 0 Å². The molecule has 0 amide bonds. The first-order valence-corrected chi connectivity index (χ1v) is 5.83. The molecule has 0 aliphatic rings. The zero-order valence-electron chi connectivity index (χ0n) is 8.40. The molecule has 0 aromatic carbocycles. The van der Waals surface area contributed by atoms with Crippen LogP contribution in [0.25, 0.3) is 0 Å². The van der Waals surface area contributed by atoms with Crippen LogP contribution in [0.3, 0.4) is 0 Å². The second kappa shape index (κ2) is 4.84. The van der Waals surface area contributed by atoms with Crippen LogP contribution in [0.1, 0.15) is 6.42 Å². The highest BCUT2D eigenvalue weighted by atomic mass is 32.2. The summed E-state index contributed by atoms with van der Waals surface area (Å²) in [5.74, 6) is -0.126. The van der Waals surface area contributed by atoms with E-state index < -0.39 is 29.2 Å². The molecule has 10 heteroatoms. The summed E-state index contributed by atoms with van der Waals surface area (Å²) in [4.78, 5) is 6.52. The van der Waals surface area contributed by atoms with Gasteiger partial charge in [0.2, 0.25) is 16.0 Å². The Kier molecular flexibility index (Phi) is 3.88. The lowest BCUT2D eigenvalue weighted by Crippen LogP contribution is -2.28. The van der Waals surface area contributed by atoms with Crippen LogP contribution in [0.5, 0.6) is 0 Å². The molecule has 0 aliphatic carbocycles. The van der Waals surface area contributed by atoms with Gasteiger partial charge in [-0.25, -0.2) is 23.1 Å². The molecule has 6 nitrogen and oxygen atoms in total. The molecule has 0 radical (unpaired) electrons. The molecule has 1 aromatic rings. The molecule has 96 valence electrons. The fraction of sp³-hybridized carbons (Fsp3) is 0.429. The zero-order valence-corrected chi connectivity index (χ0v) is 9.22. The second-order valence-electron chi connectivity index (χ2n) is 3.04. The number of nitrogens with zero attached hydrogens (tertiary/aromatic N) is 2. The van der Waals surface area contributed by atoms with Crippen LogP contribution in [0.2, 0.25) is 0 Å². The topological polar surface area (TPSA) is 98.0 Å². The summed E-state index contributed by atoms with van der Waals surface area (Å²) in [6.45, 7) is -0.740. The molecule has 0 spiro atoms. The van der Waals surface area contributed by atoms with E-state index in [0.717, 1.165) is 12.4 Å². The van der Waals surface area contributed by atoms with Crippen molar-refractivity contribution in [3.05, 3.63) is 12.4 Å². The number of nitrogens with one attached hydrogen (secondary N) is 1. The normalized spacial score (nSPS) is 12.6. The minimum absolute atomic E-state index is 0.126. The SMILES string of the molecule is Nc1ncc(S(=O)(=O)NCCC(F)(F)F)cn1. The molecule has 1 aromatic heterocycles. The Bertz CT molecular complexity index is 471. The lowest BCUT2D eigenvalue weighted by Gasteiger charge is -2.08. The summed E-state index contributed by atoms with van der Waals surface area (Å²) in [6.07, 6.45) is -3.83. The van der Waals surface area contributed by atoms with Crippen molar-refractivity contribution in [1.29, 1.82) is 0 Å². The summed E-state index contributed by atoms with van der Waals surface area (Å²) in [6, 6.07) is 0. The van der Waals surface area contributed by atoms with E-state index >= 15 is 0 Å². The molecule has 1 heterocycles. The Balaban J connectivity index is 2.66. The smallest absolute Gasteiger partial charge is 0.368 e. The number of sulfonamides is 1. The third kappa shape index (κ3) is 4.53. The van der Waals surface area contributed by atoms with E-state index in [-0.39, 0.29) is 10.8 Å². The lowest BCUT2D eigenvalue weighted by atomic mass is 10.4. The van der Waals surface area contributed by atoms with Gasteiger partial charge >= 0.3 is 6.18 Å². The predicted molar refractivity (Wildman–Crippen MR) is 52.3 cm³/mol. The summed E-state index contributed by atoms with van der Waals surface area (Å²) in [7, 11) is -4.03. The molecule has 1 rings (SSSR count). The van der Waals surface area contributed by atoms with Gasteiger partial charge < -0.3 is 5.73 Å². The first-order valence-electron chi connectivity index (χ1n) is 4.35. The number of alkyl halides is 3. The van der Waals surface area contributed by atoms with Gasteiger partial charge in [-0.3, -0.25) is 0 Å². The molecule has 0 fully saturated rings. The maximum atomic E-state index is 11.8. The highest BCUT2D eigenvalue weighted by molar-refractivity contribution is 7.89. The van der Waals surface area contributed by atoms with E-state index in [1.807, 2.05) is 0 Å². The first-order chi connectivity index (χ1) is 7.71. The second-order valence-corrected chi connectivity index (χ2v) is 4.81. The molecule has 0 saturated carbocycles. The van der Waals surface area contributed by atoms with Gasteiger partial charge in [0.1, 0.15) is 4.90 Å². The summed E-state index contributed by atoms with van der Waals surface area (Å²) < 4.78 is 60.1. The van der Waals surface area contributed by atoms with Crippen LogP contribution in [0.4, 0.5) is 19.1 Å². The summed E-state index contributed by atoms with van der Waals surface area (Å²) in [5, 5.41) is 0. The molecular weight excluding hydrogens is 261 g/mol. The van der Waals surface area contributed by atoms with Crippen molar-refractivity contribution in [2.75, 3.05) is 12.3 Å². The highest BCUT2D eigenvalue weighted by Gasteiger charge is 2.27.